The zero-order valence-corrected chi connectivity index (χ0v) is 31.9. The van der Waals surface area contributed by atoms with Gasteiger partial charge in [-0.3, -0.25) is 4.79 Å². The fourth-order valence-electron chi connectivity index (χ4n) is 11.0. The topological polar surface area (TPSA) is 146 Å². The highest BCUT2D eigenvalue weighted by Crippen LogP contribution is 2.49. The van der Waals surface area contributed by atoms with Gasteiger partial charge in [-0.2, -0.15) is 0 Å². The van der Waals surface area contributed by atoms with Gasteiger partial charge in [-0.1, -0.05) is 20.1 Å². The maximum atomic E-state index is 14.1. The summed E-state index contributed by atoms with van der Waals surface area (Å²) in [5.74, 6) is -0.701. The summed E-state index contributed by atoms with van der Waals surface area (Å²) in [6, 6.07) is 0. The molecule has 8 aliphatic heterocycles. The molecule has 0 aromatic carbocycles. The summed E-state index contributed by atoms with van der Waals surface area (Å²) in [6.45, 7) is 11.5. The van der Waals surface area contributed by atoms with Gasteiger partial charge in [0.1, 0.15) is 18.0 Å². The van der Waals surface area contributed by atoms with Crippen molar-refractivity contribution < 1.29 is 52.5 Å². The Bertz CT molecular complexity index is 1340. The Hall–Kier alpha value is -1.29. The van der Waals surface area contributed by atoms with Gasteiger partial charge in [0.15, 0.2) is 5.79 Å². The van der Waals surface area contributed by atoms with Crippen molar-refractivity contribution in [1.29, 1.82) is 0 Å². The second kappa shape index (κ2) is 15.9. The summed E-state index contributed by atoms with van der Waals surface area (Å²) in [5, 5.41) is 11.2. The van der Waals surface area contributed by atoms with Gasteiger partial charge in [0.2, 0.25) is 0 Å². The number of ether oxygens (including phenoxy) is 9. The quantitative estimate of drug-likeness (QED) is 0.391. The number of methoxy groups -OCH3 is 2. The second-order valence-corrected chi connectivity index (χ2v) is 17.4. The molecule has 8 rings (SSSR count). The van der Waals surface area contributed by atoms with Crippen molar-refractivity contribution in [1.82, 2.24) is 0 Å². The van der Waals surface area contributed by atoms with E-state index in [1.54, 1.807) is 14.2 Å². The van der Waals surface area contributed by atoms with E-state index >= 15 is 0 Å². The van der Waals surface area contributed by atoms with E-state index in [9.17, 15) is 9.90 Å². The molecule has 0 saturated carbocycles. The SMILES string of the molecule is C=C1C[C@@H]2CC[C@]34C[C@@H](O)[C@H](O3)C3C[C@@H](O4)[C@H]4O[C@H](CC[C@@H]4O3)CC(=O)C[C@@H]3[C@@H](OC)[C@@H](C[C@@H](CN)OC)O[C@H]3C[C@H]3O[C@@H](CC[C@@H]1O2)C[C@@H](C)C3=C. The van der Waals surface area contributed by atoms with Crippen LogP contribution in [0.15, 0.2) is 24.3 Å². The molecule has 298 valence electrons. The molecule has 8 saturated heterocycles. The average Bonchev–Trinajstić information content (AvgIpc) is 3.74. The number of aliphatic hydroxyl groups is 1. The lowest BCUT2D eigenvalue weighted by atomic mass is 9.81. The van der Waals surface area contributed by atoms with E-state index in [1.165, 1.54) is 0 Å². The highest BCUT2D eigenvalue weighted by molar-refractivity contribution is 5.79. The van der Waals surface area contributed by atoms with Crippen LogP contribution in [0.4, 0.5) is 0 Å². The number of hydrogen-bond acceptors (Lipinski definition) is 12. The molecule has 0 radical (unpaired) electrons. The number of carbonyl (C=O) groups excluding carboxylic acids is 1. The Morgan fingerprint density at radius 2 is 1.62 bits per heavy atom. The molecular formula is C41H63NO11. The van der Waals surface area contributed by atoms with Gasteiger partial charge in [0.25, 0.3) is 0 Å². The van der Waals surface area contributed by atoms with E-state index in [0.717, 1.165) is 49.7 Å². The van der Waals surface area contributed by atoms with Crippen LogP contribution in [0.3, 0.4) is 0 Å². The molecule has 10 bridgehead atoms. The van der Waals surface area contributed by atoms with Crippen molar-refractivity contribution >= 4 is 5.78 Å². The first-order valence-corrected chi connectivity index (χ1v) is 20.5. The van der Waals surface area contributed by atoms with Crippen molar-refractivity contribution in [3.63, 3.8) is 0 Å². The zero-order valence-electron chi connectivity index (χ0n) is 31.9. The number of hydrogen-bond donors (Lipinski definition) is 2. The standard InChI is InChI=1S/C41H63NO11/c1-21-12-25-6-8-31-22(2)13-27(47-31)10-11-41-19-30(44)39(53-41)36-18-37(52-41)40-32(50-36)9-7-26(49-40)14-24(43)15-29-34(17-33(48-25)23(21)3)51-35(38(29)46-5)16-28(20-42)45-4/h21,25-40,44H,2-3,6-20,42H2,1,4-5H3/t21-,25+,26-,27+,28+,29+,30-,31+,32+,33-,34+,35-,36?,37-,38-,39+,40+,41-/m1/s1. The van der Waals surface area contributed by atoms with E-state index in [-0.39, 0.29) is 97.0 Å². The third-order valence-corrected chi connectivity index (χ3v) is 13.9. The Labute approximate surface area is 314 Å². The number of rotatable bonds is 5. The minimum atomic E-state index is -0.938. The average molecular weight is 746 g/mol. The maximum absolute atomic E-state index is 14.1. The molecule has 0 aromatic rings. The van der Waals surface area contributed by atoms with Crippen LogP contribution >= 0.6 is 0 Å². The molecule has 1 spiro atoms. The van der Waals surface area contributed by atoms with Crippen molar-refractivity contribution in [3.8, 4) is 0 Å². The van der Waals surface area contributed by atoms with Crippen LogP contribution in [-0.2, 0) is 47.4 Å². The third-order valence-electron chi connectivity index (χ3n) is 13.9. The lowest BCUT2D eigenvalue weighted by molar-refractivity contribution is -0.277. The van der Waals surface area contributed by atoms with Crippen LogP contribution in [0.25, 0.3) is 0 Å². The molecule has 0 aromatic heterocycles. The fourth-order valence-corrected chi connectivity index (χ4v) is 11.0. The molecule has 8 heterocycles. The van der Waals surface area contributed by atoms with E-state index in [2.05, 4.69) is 20.1 Å². The molecule has 53 heavy (non-hydrogen) atoms. The summed E-state index contributed by atoms with van der Waals surface area (Å²) in [6.07, 6.45) is 5.35. The van der Waals surface area contributed by atoms with E-state index in [1.807, 2.05) is 0 Å². The summed E-state index contributed by atoms with van der Waals surface area (Å²) in [7, 11) is 3.37. The highest BCUT2D eigenvalue weighted by atomic mass is 16.7. The third kappa shape index (κ3) is 7.86. The van der Waals surface area contributed by atoms with E-state index in [0.29, 0.717) is 57.9 Å². The Morgan fingerprint density at radius 1 is 0.830 bits per heavy atom. The number of aliphatic hydroxyl groups excluding tert-OH is 1. The van der Waals surface area contributed by atoms with Gasteiger partial charge in [-0.15, -0.1) is 0 Å². The predicted octanol–water partition coefficient (Wildman–Crippen LogP) is 4.08. The first kappa shape index (κ1) is 38.6. The zero-order chi connectivity index (χ0) is 37.0. The largest absolute Gasteiger partial charge is 0.390 e. The summed E-state index contributed by atoms with van der Waals surface area (Å²) in [4.78, 5) is 14.1. The van der Waals surface area contributed by atoms with Gasteiger partial charge in [-0.05, 0) is 62.0 Å². The molecule has 3 N–H and O–H groups in total. The first-order valence-electron chi connectivity index (χ1n) is 20.5. The van der Waals surface area contributed by atoms with Crippen LogP contribution in [-0.4, -0.2) is 129 Å². The molecule has 12 nitrogen and oxygen atoms in total. The molecule has 8 fully saturated rings. The fraction of sp³-hybridized carbons (Fsp3) is 0.878. The monoisotopic (exact) mass is 745 g/mol. The molecule has 0 aliphatic carbocycles. The van der Waals surface area contributed by atoms with Crippen LogP contribution in [0.2, 0.25) is 0 Å². The minimum Gasteiger partial charge on any atom is -0.390 e. The summed E-state index contributed by atoms with van der Waals surface area (Å²) < 4.78 is 58.9. The van der Waals surface area contributed by atoms with Gasteiger partial charge in [-0.25, -0.2) is 0 Å². The molecule has 18 atom stereocenters. The van der Waals surface area contributed by atoms with Gasteiger partial charge < -0.3 is 53.5 Å². The Balaban J connectivity index is 1.06. The molecule has 0 amide bonds. The van der Waals surface area contributed by atoms with Crippen molar-refractivity contribution in [2.45, 2.75) is 194 Å². The minimum absolute atomic E-state index is 0.00454. The van der Waals surface area contributed by atoms with Crippen molar-refractivity contribution in [2.24, 2.45) is 17.6 Å². The number of ketones is 1. The van der Waals surface area contributed by atoms with Crippen LogP contribution in [0, 0.1) is 11.8 Å². The number of nitrogens with two attached hydrogens (primary N) is 1. The molecule has 12 heteroatoms. The van der Waals surface area contributed by atoms with Gasteiger partial charge >= 0.3 is 0 Å². The second-order valence-electron chi connectivity index (χ2n) is 17.4. The van der Waals surface area contributed by atoms with Crippen molar-refractivity contribution in [3.05, 3.63) is 24.3 Å². The Kier molecular flexibility index (Phi) is 11.6. The molecular weight excluding hydrogens is 682 g/mol. The predicted molar refractivity (Wildman–Crippen MR) is 193 cm³/mol. The number of fused-ring (bicyclic) bond motifs is 9. The lowest BCUT2D eigenvalue weighted by Gasteiger charge is -2.47. The number of carbonyl (C=O) groups is 1. The van der Waals surface area contributed by atoms with E-state index in [4.69, 9.17) is 48.4 Å². The maximum Gasteiger partial charge on any atom is 0.172 e. The van der Waals surface area contributed by atoms with Crippen LogP contribution in [0.5, 0.6) is 0 Å². The molecule has 8 aliphatic rings. The van der Waals surface area contributed by atoms with Crippen LogP contribution < -0.4 is 5.73 Å². The molecule has 1 unspecified atom stereocenters. The summed E-state index contributed by atoms with van der Waals surface area (Å²) in [5.41, 5.74) is 8.23. The summed E-state index contributed by atoms with van der Waals surface area (Å²) >= 11 is 0. The van der Waals surface area contributed by atoms with Gasteiger partial charge in [0, 0.05) is 71.6 Å². The van der Waals surface area contributed by atoms with Crippen molar-refractivity contribution in [2.75, 3.05) is 20.8 Å². The van der Waals surface area contributed by atoms with Gasteiger partial charge in [0.05, 0.1) is 79.4 Å². The first-order chi connectivity index (χ1) is 25.5. The van der Waals surface area contributed by atoms with E-state index < -0.39 is 18.0 Å². The number of Topliss-reactive ketones (excluding diaryl/α,β-unsaturated/α-hetero) is 1. The smallest absolute Gasteiger partial charge is 0.172 e. The lowest BCUT2D eigenvalue weighted by Crippen LogP contribution is -2.58. The highest BCUT2D eigenvalue weighted by Gasteiger charge is 2.59. The van der Waals surface area contributed by atoms with Crippen LogP contribution in [0.1, 0.15) is 96.8 Å². The normalized spacial score (nSPS) is 49.6. The Morgan fingerprint density at radius 3 is 2.42 bits per heavy atom.